The average molecular weight is 299 g/mol. The van der Waals surface area contributed by atoms with Crippen molar-refractivity contribution in [2.75, 3.05) is 25.4 Å². The summed E-state index contributed by atoms with van der Waals surface area (Å²) in [6.07, 6.45) is 0. The molecule has 0 radical (unpaired) electrons. The van der Waals surface area contributed by atoms with Crippen molar-refractivity contribution in [3.63, 3.8) is 0 Å². The summed E-state index contributed by atoms with van der Waals surface area (Å²) < 4.78 is 0.411. The molecule has 1 aliphatic rings. The molecule has 0 spiro atoms. The predicted molar refractivity (Wildman–Crippen MR) is 88.3 cm³/mol. The molecule has 1 N–H and O–H groups in total. The predicted octanol–water partition coefficient (Wildman–Crippen LogP) is 3.49. The van der Waals surface area contributed by atoms with Gasteiger partial charge >= 0.3 is 0 Å². The molecule has 2 nitrogen and oxygen atoms in total. The van der Waals surface area contributed by atoms with Gasteiger partial charge < -0.3 is 5.32 Å². The van der Waals surface area contributed by atoms with Gasteiger partial charge in [-0.05, 0) is 38.9 Å². The smallest absolute Gasteiger partial charge is 0.0299 e. The number of nitrogens with one attached hydrogen (secondary N) is 1. The van der Waals surface area contributed by atoms with Crippen LogP contribution in [0.2, 0.25) is 0 Å². The van der Waals surface area contributed by atoms with Gasteiger partial charge in [-0.1, -0.05) is 6.92 Å². The van der Waals surface area contributed by atoms with E-state index in [0.717, 1.165) is 19.6 Å². The molecule has 0 atom stereocenters. The van der Waals surface area contributed by atoms with Gasteiger partial charge in [0.05, 0.1) is 0 Å². The van der Waals surface area contributed by atoms with Crippen molar-refractivity contribution in [2.24, 2.45) is 0 Å². The molecule has 1 saturated heterocycles. The Hall–Kier alpha value is -0.0300. The molecule has 1 aliphatic heterocycles. The molecule has 4 heteroatoms. The third-order valence-electron chi connectivity index (χ3n) is 3.52. The van der Waals surface area contributed by atoms with Crippen LogP contribution < -0.4 is 5.32 Å². The standard InChI is InChI=1S/C15H26N2S2/c1-5-16-9-14-8-13(12(2)19-14)10-17-6-7-18-15(3,4)11-17/h8,16H,5-7,9-11H2,1-4H3. The van der Waals surface area contributed by atoms with Crippen LogP contribution in [0.1, 0.15) is 36.1 Å². The van der Waals surface area contributed by atoms with Crippen LogP contribution in [0.5, 0.6) is 0 Å². The zero-order valence-corrected chi connectivity index (χ0v) is 14.2. The molecule has 1 fully saturated rings. The van der Waals surface area contributed by atoms with Gasteiger partial charge in [-0.2, -0.15) is 11.8 Å². The maximum Gasteiger partial charge on any atom is 0.0299 e. The molecule has 0 amide bonds. The van der Waals surface area contributed by atoms with E-state index in [0.29, 0.717) is 4.75 Å². The molecule has 0 aliphatic carbocycles. The third-order valence-corrected chi connectivity index (χ3v) is 5.91. The van der Waals surface area contributed by atoms with Crippen LogP contribution >= 0.6 is 23.1 Å². The first-order chi connectivity index (χ1) is 9.00. The topological polar surface area (TPSA) is 15.3 Å². The fraction of sp³-hybridized carbons (Fsp3) is 0.733. The molecule has 0 aromatic carbocycles. The molecule has 2 rings (SSSR count). The Labute approximate surface area is 126 Å². The maximum atomic E-state index is 3.42. The number of nitrogens with zero attached hydrogens (tertiary/aromatic N) is 1. The highest BCUT2D eigenvalue weighted by Crippen LogP contribution is 2.31. The van der Waals surface area contributed by atoms with E-state index < -0.39 is 0 Å². The first-order valence-corrected chi connectivity index (χ1v) is 8.95. The highest BCUT2D eigenvalue weighted by atomic mass is 32.2. The second-order valence-electron chi connectivity index (χ2n) is 5.89. The van der Waals surface area contributed by atoms with Gasteiger partial charge in [-0.15, -0.1) is 11.3 Å². The third kappa shape index (κ3) is 4.48. The summed E-state index contributed by atoms with van der Waals surface area (Å²) >= 11 is 4.05. The van der Waals surface area contributed by atoms with Crippen molar-refractivity contribution in [1.29, 1.82) is 0 Å². The minimum atomic E-state index is 0.411. The molecule has 0 bridgehead atoms. The zero-order chi connectivity index (χ0) is 13.9. The molecule has 0 saturated carbocycles. The first kappa shape index (κ1) is 15.4. The lowest BCUT2D eigenvalue weighted by Gasteiger charge is -2.37. The van der Waals surface area contributed by atoms with Gasteiger partial charge in [0, 0.05) is 46.4 Å². The lowest BCUT2D eigenvalue weighted by Crippen LogP contribution is -2.42. The molecular formula is C15H26N2S2. The quantitative estimate of drug-likeness (QED) is 0.896. The summed E-state index contributed by atoms with van der Waals surface area (Å²) in [6.45, 7) is 14.8. The van der Waals surface area contributed by atoms with Crippen LogP contribution in [0.4, 0.5) is 0 Å². The lowest BCUT2D eigenvalue weighted by molar-refractivity contribution is 0.252. The van der Waals surface area contributed by atoms with Crippen LogP contribution in [-0.4, -0.2) is 35.0 Å². The SMILES string of the molecule is CCNCc1cc(CN2CCSC(C)(C)C2)c(C)s1. The van der Waals surface area contributed by atoms with Crippen molar-refractivity contribution < 1.29 is 0 Å². The van der Waals surface area contributed by atoms with Gasteiger partial charge in [0.15, 0.2) is 0 Å². The Balaban J connectivity index is 1.96. The van der Waals surface area contributed by atoms with Gasteiger partial charge in [0.2, 0.25) is 0 Å². The fourth-order valence-corrected chi connectivity index (χ4v) is 4.77. The van der Waals surface area contributed by atoms with Crippen LogP contribution in [0.15, 0.2) is 6.07 Å². The van der Waals surface area contributed by atoms with Crippen LogP contribution in [0.25, 0.3) is 0 Å². The molecule has 2 heterocycles. The number of thiophene rings is 1. The normalized spacial score (nSPS) is 19.8. The van der Waals surface area contributed by atoms with Crippen molar-refractivity contribution >= 4 is 23.1 Å². The summed E-state index contributed by atoms with van der Waals surface area (Å²) in [5.41, 5.74) is 1.53. The summed E-state index contributed by atoms with van der Waals surface area (Å²) in [5.74, 6) is 1.26. The molecule has 1 aromatic heterocycles. The summed E-state index contributed by atoms with van der Waals surface area (Å²) in [6, 6.07) is 2.40. The van der Waals surface area contributed by atoms with Gasteiger partial charge in [0.25, 0.3) is 0 Å². The lowest BCUT2D eigenvalue weighted by atomic mass is 10.1. The summed E-state index contributed by atoms with van der Waals surface area (Å²) in [7, 11) is 0. The van der Waals surface area contributed by atoms with Crippen LogP contribution in [0.3, 0.4) is 0 Å². The Morgan fingerprint density at radius 3 is 2.89 bits per heavy atom. The fourth-order valence-electron chi connectivity index (χ4n) is 2.57. The minimum absolute atomic E-state index is 0.411. The van der Waals surface area contributed by atoms with Gasteiger partial charge in [-0.3, -0.25) is 4.90 Å². The van der Waals surface area contributed by atoms with Crippen molar-refractivity contribution in [2.45, 2.75) is 45.5 Å². The van der Waals surface area contributed by atoms with Gasteiger partial charge in [0.1, 0.15) is 0 Å². The number of thioether (sulfide) groups is 1. The highest BCUT2D eigenvalue weighted by Gasteiger charge is 2.27. The largest absolute Gasteiger partial charge is 0.312 e. The van der Waals surface area contributed by atoms with E-state index in [2.05, 4.69) is 55.7 Å². The van der Waals surface area contributed by atoms with E-state index in [1.165, 1.54) is 34.2 Å². The average Bonchev–Trinajstić information content (AvgIpc) is 2.66. The number of aryl methyl sites for hydroxylation is 1. The zero-order valence-electron chi connectivity index (χ0n) is 12.6. The minimum Gasteiger partial charge on any atom is -0.312 e. The van der Waals surface area contributed by atoms with E-state index in [9.17, 15) is 0 Å². The first-order valence-electron chi connectivity index (χ1n) is 7.15. The van der Waals surface area contributed by atoms with E-state index in [1.54, 1.807) is 0 Å². The Morgan fingerprint density at radius 2 is 2.21 bits per heavy atom. The molecular weight excluding hydrogens is 272 g/mol. The van der Waals surface area contributed by atoms with Crippen LogP contribution in [-0.2, 0) is 13.1 Å². The Kier molecular flexibility index (Phi) is 5.35. The number of hydrogen-bond acceptors (Lipinski definition) is 4. The van der Waals surface area contributed by atoms with Crippen molar-refractivity contribution in [3.8, 4) is 0 Å². The summed E-state index contributed by atoms with van der Waals surface area (Å²) in [5, 5.41) is 3.42. The molecule has 19 heavy (non-hydrogen) atoms. The van der Waals surface area contributed by atoms with E-state index in [-0.39, 0.29) is 0 Å². The van der Waals surface area contributed by atoms with Crippen LogP contribution in [0, 0.1) is 6.92 Å². The van der Waals surface area contributed by atoms with E-state index in [4.69, 9.17) is 0 Å². The second-order valence-corrected chi connectivity index (χ2v) is 9.04. The Morgan fingerprint density at radius 1 is 1.42 bits per heavy atom. The van der Waals surface area contributed by atoms with Crippen molar-refractivity contribution in [1.82, 2.24) is 10.2 Å². The van der Waals surface area contributed by atoms with Gasteiger partial charge in [-0.25, -0.2) is 0 Å². The molecule has 1 aromatic rings. The maximum absolute atomic E-state index is 3.42. The van der Waals surface area contributed by atoms with Crippen molar-refractivity contribution in [3.05, 3.63) is 21.4 Å². The number of rotatable bonds is 5. The van der Waals surface area contributed by atoms with E-state index >= 15 is 0 Å². The highest BCUT2D eigenvalue weighted by molar-refractivity contribution is 8.00. The molecule has 0 unspecified atom stereocenters. The molecule has 108 valence electrons. The second kappa shape index (κ2) is 6.61. The monoisotopic (exact) mass is 298 g/mol. The summed E-state index contributed by atoms with van der Waals surface area (Å²) in [4.78, 5) is 5.58. The number of hydrogen-bond donors (Lipinski definition) is 1. The van der Waals surface area contributed by atoms with E-state index in [1.807, 2.05) is 11.3 Å². The Bertz CT molecular complexity index is 412.